The Labute approximate surface area is 128 Å². The molecule has 1 nitrogen and oxygen atoms in total. The summed E-state index contributed by atoms with van der Waals surface area (Å²) in [6, 6.07) is 5.77. The van der Waals surface area contributed by atoms with Gasteiger partial charge in [-0.1, -0.05) is 63.1 Å². The van der Waals surface area contributed by atoms with Crippen molar-refractivity contribution in [2.45, 2.75) is 71.6 Å². The Balaban J connectivity index is 2.17. The summed E-state index contributed by atoms with van der Waals surface area (Å²) < 4.78 is 0. The van der Waals surface area contributed by atoms with E-state index in [1.165, 1.54) is 38.5 Å². The van der Waals surface area contributed by atoms with Crippen molar-refractivity contribution in [2.24, 2.45) is 0 Å². The fourth-order valence-corrected chi connectivity index (χ4v) is 2.66. The molecule has 0 saturated heterocycles. The summed E-state index contributed by atoms with van der Waals surface area (Å²) in [5, 5.41) is 0.741. The molecule has 0 atom stereocenters. The molecule has 0 aliphatic carbocycles. The van der Waals surface area contributed by atoms with Gasteiger partial charge in [-0.2, -0.15) is 0 Å². The number of carbonyl (C=O) groups excluding carboxylic acids is 1. The second-order valence-electron chi connectivity index (χ2n) is 5.66. The zero-order valence-electron chi connectivity index (χ0n) is 12.9. The highest BCUT2D eigenvalue weighted by atomic mass is 35.5. The Bertz CT molecular complexity index is 412. The van der Waals surface area contributed by atoms with Crippen LogP contribution in [0.15, 0.2) is 18.2 Å². The molecule has 0 aliphatic rings. The lowest BCUT2D eigenvalue weighted by atomic mass is 10.00. The van der Waals surface area contributed by atoms with Crippen LogP contribution in [0.3, 0.4) is 0 Å². The minimum absolute atomic E-state index is 0.351. The summed E-state index contributed by atoms with van der Waals surface area (Å²) in [5.41, 5.74) is 2.23. The van der Waals surface area contributed by atoms with Crippen LogP contribution in [-0.2, 0) is 11.2 Å². The number of hydrogen-bond donors (Lipinski definition) is 0. The van der Waals surface area contributed by atoms with Gasteiger partial charge in [-0.25, -0.2) is 0 Å². The number of rotatable bonds is 10. The lowest BCUT2D eigenvalue weighted by Crippen LogP contribution is -2.04. The third kappa shape index (κ3) is 7.09. The van der Waals surface area contributed by atoms with Gasteiger partial charge in [-0.3, -0.25) is 4.79 Å². The largest absolute Gasteiger partial charge is 0.299 e. The normalized spacial score (nSPS) is 10.8. The quantitative estimate of drug-likeness (QED) is 0.491. The third-order valence-corrected chi connectivity index (χ3v) is 3.99. The maximum absolute atomic E-state index is 12.0. The van der Waals surface area contributed by atoms with Crippen LogP contribution in [0.2, 0.25) is 5.02 Å². The third-order valence-electron chi connectivity index (χ3n) is 3.75. The lowest BCUT2D eigenvalue weighted by molar-refractivity contribution is -0.118. The maximum atomic E-state index is 12.0. The molecule has 20 heavy (non-hydrogen) atoms. The van der Waals surface area contributed by atoms with Crippen molar-refractivity contribution in [3.8, 4) is 0 Å². The van der Waals surface area contributed by atoms with Gasteiger partial charge in [0.25, 0.3) is 0 Å². The highest BCUT2D eigenvalue weighted by Gasteiger charge is 2.06. The highest BCUT2D eigenvalue weighted by Crippen LogP contribution is 2.17. The number of aryl methyl sites for hydroxylation is 1. The molecule has 0 N–H and O–H groups in total. The molecule has 0 aromatic heterocycles. The molecule has 0 bridgehead atoms. The summed E-state index contributed by atoms with van der Waals surface area (Å²) in [6.07, 6.45) is 10.1. The van der Waals surface area contributed by atoms with E-state index in [1.807, 2.05) is 25.1 Å². The summed E-state index contributed by atoms with van der Waals surface area (Å²) in [7, 11) is 0. The van der Waals surface area contributed by atoms with Gasteiger partial charge in [0.2, 0.25) is 0 Å². The van der Waals surface area contributed by atoms with Crippen LogP contribution in [0, 0.1) is 6.92 Å². The first-order chi connectivity index (χ1) is 9.63. The minimum atomic E-state index is 0.351. The van der Waals surface area contributed by atoms with E-state index in [1.54, 1.807) is 0 Å². The maximum Gasteiger partial charge on any atom is 0.137 e. The number of Topliss-reactive ketones (excluding diaryl/α,β-unsaturated/α-hetero) is 1. The second-order valence-corrected chi connectivity index (χ2v) is 6.09. The smallest absolute Gasteiger partial charge is 0.137 e. The van der Waals surface area contributed by atoms with Crippen molar-refractivity contribution < 1.29 is 4.79 Å². The van der Waals surface area contributed by atoms with E-state index in [0.717, 1.165) is 29.0 Å². The van der Waals surface area contributed by atoms with Gasteiger partial charge in [-0.15, -0.1) is 0 Å². The second kappa shape index (κ2) is 9.99. The summed E-state index contributed by atoms with van der Waals surface area (Å²) in [6.45, 7) is 4.25. The van der Waals surface area contributed by atoms with Crippen molar-refractivity contribution in [3.63, 3.8) is 0 Å². The topological polar surface area (TPSA) is 17.1 Å². The van der Waals surface area contributed by atoms with E-state index in [4.69, 9.17) is 11.6 Å². The Morgan fingerprint density at radius 1 is 1.05 bits per heavy atom. The first kappa shape index (κ1) is 17.2. The van der Waals surface area contributed by atoms with Gasteiger partial charge in [0.1, 0.15) is 5.78 Å². The van der Waals surface area contributed by atoms with Crippen LogP contribution in [0.25, 0.3) is 0 Å². The van der Waals surface area contributed by atoms with Crippen LogP contribution in [-0.4, -0.2) is 5.78 Å². The summed E-state index contributed by atoms with van der Waals surface area (Å²) in [4.78, 5) is 12.0. The summed E-state index contributed by atoms with van der Waals surface area (Å²) >= 11 is 5.92. The van der Waals surface area contributed by atoms with Gasteiger partial charge < -0.3 is 0 Å². The molecule has 0 saturated carbocycles. The molecule has 0 radical (unpaired) electrons. The van der Waals surface area contributed by atoms with E-state index in [0.29, 0.717) is 12.2 Å². The van der Waals surface area contributed by atoms with Crippen LogP contribution in [0.5, 0.6) is 0 Å². The van der Waals surface area contributed by atoms with Crippen LogP contribution >= 0.6 is 11.6 Å². The molecule has 1 aromatic carbocycles. The number of benzene rings is 1. The molecule has 1 rings (SSSR count). The SMILES string of the molecule is CCCCCCCCCC(=O)Cc1ccc(Cl)cc1C. The summed E-state index contributed by atoms with van der Waals surface area (Å²) in [5.74, 6) is 0.351. The standard InChI is InChI=1S/C18H27ClO/c1-3-4-5-6-7-8-9-10-18(20)14-16-11-12-17(19)13-15(16)2/h11-13H,3-10,14H2,1-2H3. The molecule has 1 aromatic rings. The van der Waals surface area contributed by atoms with Gasteiger partial charge in [0.15, 0.2) is 0 Å². The molecule has 0 unspecified atom stereocenters. The first-order valence-corrected chi connectivity index (χ1v) is 8.28. The van der Waals surface area contributed by atoms with E-state index in [2.05, 4.69) is 6.92 Å². The molecule has 0 heterocycles. The number of halogens is 1. The fourth-order valence-electron chi connectivity index (χ4n) is 2.44. The van der Waals surface area contributed by atoms with E-state index >= 15 is 0 Å². The Morgan fingerprint density at radius 3 is 2.35 bits per heavy atom. The number of unbranched alkanes of at least 4 members (excludes halogenated alkanes) is 6. The number of ketones is 1. The van der Waals surface area contributed by atoms with Gasteiger partial charge >= 0.3 is 0 Å². The van der Waals surface area contributed by atoms with Crippen molar-refractivity contribution in [1.82, 2.24) is 0 Å². The molecule has 2 heteroatoms. The minimum Gasteiger partial charge on any atom is -0.299 e. The lowest BCUT2D eigenvalue weighted by Gasteiger charge is -2.06. The van der Waals surface area contributed by atoms with E-state index in [9.17, 15) is 4.79 Å². The van der Waals surface area contributed by atoms with Crippen LogP contribution in [0.4, 0.5) is 0 Å². The predicted molar refractivity (Wildman–Crippen MR) is 87.5 cm³/mol. The zero-order valence-corrected chi connectivity index (χ0v) is 13.6. The van der Waals surface area contributed by atoms with Crippen molar-refractivity contribution >= 4 is 17.4 Å². The van der Waals surface area contributed by atoms with E-state index in [-0.39, 0.29) is 0 Å². The Hall–Kier alpha value is -0.820. The molecule has 0 spiro atoms. The van der Waals surface area contributed by atoms with Crippen molar-refractivity contribution in [2.75, 3.05) is 0 Å². The van der Waals surface area contributed by atoms with Gasteiger partial charge in [0, 0.05) is 17.9 Å². The molecule has 112 valence electrons. The van der Waals surface area contributed by atoms with Crippen LogP contribution < -0.4 is 0 Å². The molecule has 0 amide bonds. The monoisotopic (exact) mass is 294 g/mol. The van der Waals surface area contributed by atoms with Gasteiger partial charge in [-0.05, 0) is 36.6 Å². The Kier molecular flexibility index (Phi) is 8.60. The van der Waals surface area contributed by atoms with Gasteiger partial charge in [0.05, 0.1) is 0 Å². The van der Waals surface area contributed by atoms with Crippen molar-refractivity contribution in [3.05, 3.63) is 34.3 Å². The Morgan fingerprint density at radius 2 is 1.70 bits per heavy atom. The average Bonchev–Trinajstić information content (AvgIpc) is 2.41. The molecule has 0 fully saturated rings. The van der Waals surface area contributed by atoms with Crippen molar-refractivity contribution in [1.29, 1.82) is 0 Å². The number of hydrogen-bond acceptors (Lipinski definition) is 1. The molecular weight excluding hydrogens is 268 g/mol. The zero-order chi connectivity index (χ0) is 14.8. The number of carbonyl (C=O) groups is 1. The predicted octanol–water partition coefficient (Wildman–Crippen LogP) is 5.90. The van der Waals surface area contributed by atoms with Crippen LogP contribution in [0.1, 0.15) is 69.4 Å². The highest BCUT2D eigenvalue weighted by molar-refractivity contribution is 6.30. The first-order valence-electron chi connectivity index (χ1n) is 7.90. The van der Waals surface area contributed by atoms with E-state index < -0.39 is 0 Å². The fraction of sp³-hybridized carbons (Fsp3) is 0.611. The molecule has 0 aliphatic heterocycles. The molecular formula is C18H27ClO. The average molecular weight is 295 g/mol.